The number of rotatable bonds is 3. The Bertz CT molecular complexity index is 978. The number of carbonyl (C=O) groups excluding carboxylic acids is 1. The highest BCUT2D eigenvalue weighted by molar-refractivity contribution is 8.19. The highest BCUT2D eigenvalue weighted by atomic mass is 32.2. The summed E-state index contributed by atoms with van der Waals surface area (Å²) in [6.45, 7) is 0. The molecule has 0 spiro atoms. The number of H-pyrrole nitrogens is 1. The van der Waals surface area contributed by atoms with Crippen LogP contribution >= 0.6 is 23.1 Å². The Morgan fingerprint density at radius 3 is 2.80 bits per heavy atom. The van der Waals surface area contributed by atoms with E-state index < -0.39 is 0 Å². The number of hydrogen-bond acceptors (Lipinski definition) is 6. The molecule has 9 heteroatoms. The number of benzene rings is 1. The Kier molecular flexibility index (Phi) is 3.94. The van der Waals surface area contributed by atoms with Gasteiger partial charge in [-0.3, -0.25) is 15.3 Å². The van der Waals surface area contributed by atoms with Crippen LogP contribution in [0, 0.1) is 11.2 Å². The van der Waals surface area contributed by atoms with Crippen molar-refractivity contribution in [3.8, 4) is 11.3 Å². The number of thioether (sulfide) groups is 1. The molecule has 3 aromatic rings. The van der Waals surface area contributed by atoms with E-state index in [4.69, 9.17) is 5.41 Å². The first-order chi connectivity index (χ1) is 12.1. The predicted molar refractivity (Wildman–Crippen MR) is 96.9 cm³/mol. The van der Waals surface area contributed by atoms with Crippen LogP contribution in [0.25, 0.3) is 17.3 Å². The monoisotopic (exact) mass is 371 g/mol. The first-order valence-corrected chi connectivity index (χ1v) is 8.85. The first kappa shape index (κ1) is 15.7. The zero-order valence-electron chi connectivity index (χ0n) is 12.6. The average Bonchev–Trinajstić information content (AvgIpc) is 3.31. The standard InChI is InChI=1S/C16H10FN5OS2/c17-10-3-1-9(2-4-10)12-7-11(20-21-12)8-13-14(23)22(15(18)25-13)16-19-5-6-24-16/h1-8,18H,(H,20,21)/b13-8-,18-15?. The summed E-state index contributed by atoms with van der Waals surface area (Å²) in [6, 6.07) is 7.77. The Morgan fingerprint density at radius 2 is 2.08 bits per heavy atom. The van der Waals surface area contributed by atoms with E-state index in [0.717, 1.165) is 17.3 Å². The van der Waals surface area contributed by atoms with E-state index in [1.165, 1.54) is 28.4 Å². The summed E-state index contributed by atoms with van der Waals surface area (Å²) < 4.78 is 13.0. The van der Waals surface area contributed by atoms with E-state index in [2.05, 4.69) is 15.2 Å². The number of hydrogen-bond donors (Lipinski definition) is 2. The molecule has 2 N–H and O–H groups in total. The van der Waals surface area contributed by atoms with E-state index >= 15 is 0 Å². The first-order valence-electron chi connectivity index (χ1n) is 7.15. The number of halogens is 1. The van der Waals surface area contributed by atoms with Crippen LogP contribution in [0.4, 0.5) is 9.52 Å². The molecule has 1 fully saturated rings. The van der Waals surface area contributed by atoms with Crippen molar-refractivity contribution in [1.29, 1.82) is 5.41 Å². The molecule has 1 aromatic carbocycles. The number of anilines is 1. The third-order valence-corrected chi connectivity index (χ3v) is 5.10. The van der Waals surface area contributed by atoms with Gasteiger partial charge in [0.2, 0.25) is 0 Å². The average molecular weight is 371 g/mol. The number of nitrogens with one attached hydrogen (secondary N) is 2. The number of nitrogens with zero attached hydrogens (tertiary/aromatic N) is 3. The number of amidine groups is 1. The highest BCUT2D eigenvalue weighted by Crippen LogP contribution is 2.35. The lowest BCUT2D eigenvalue weighted by molar-refractivity contribution is -0.113. The number of aromatic amines is 1. The summed E-state index contributed by atoms with van der Waals surface area (Å²) in [5.74, 6) is -0.599. The van der Waals surface area contributed by atoms with E-state index in [1.807, 2.05) is 0 Å². The molecular weight excluding hydrogens is 361 g/mol. The summed E-state index contributed by atoms with van der Waals surface area (Å²) in [5.41, 5.74) is 2.04. The van der Waals surface area contributed by atoms with Crippen molar-refractivity contribution in [1.82, 2.24) is 15.2 Å². The van der Waals surface area contributed by atoms with E-state index in [9.17, 15) is 9.18 Å². The second kappa shape index (κ2) is 6.26. The minimum atomic E-state index is -0.310. The molecule has 0 unspecified atom stereocenters. The molecule has 6 nitrogen and oxygen atoms in total. The van der Waals surface area contributed by atoms with Gasteiger partial charge in [-0.2, -0.15) is 5.10 Å². The summed E-state index contributed by atoms with van der Waals surface area (Å²) in [6.07, 6.45) is 3.24. The lowest BCUT2D eigenvalue weighted by atomic mass is 10.1. The van der Waals surface area contributed by atoms with Crippen molar-refractivity contribution in [3.05, 3.63) is 58.3 Å². The molecule has 1 saturated heterocycles. The van der Waals surface area contributed by atoms with E-state index in [0.29, 0.717) is 21.4 Å². The largest absolute Gasteiger partial charge is 0.278 e. The maximum Gasteiger partial charge on any atom is 0.273 e. The fourth-order valence-electron chi connectivity index (χ4n) is 2.31. The van der Waals surface area contributed by atoms with Gasteiger partial charge in [-0.15, -0.1) is 11.3 Å². The van der Waals surface area contributed by atoms with Crippen LogP contribution in [-0.2, 0) is 4.79 Å². The summed E-state index contributed by atoms with van der Waals surface area (Å²) in [4.78, 5) is 18.3. The van der Waals surface area contributed by atoms with Crippen molar-refractivity contribution in [3.63, 3.8) is 0 Å². The van der Waals surface area contributed by atoms with Crippen molar-refractivity contribution in [2.75, 3.05) is 4.90 Å². The zero-order valence-corrected chi connectivity index (χ0v) is 14.2. The van der Waals surface area contributed by atoms with Crippen LogP contribution in [0.1, 0.15) is 5.69 Å². The van der Waals surface area contributed by atoms with Crippen LogP contribution in [-0.4, -0.2) is 26.3 Å². The molecule has 0 saturated carbocycles. The highest BCUT2D eigenvalue weighted by Gasteiger charge is 2.35. The molecule has 124 valence electrons. The molecule has 0 radical (unpaired) electrons. The molecule has 1 aliphatic heterocycles. The Labute approximate surface area is 149 Å². The van der Waals surface area contributed by atoms with Crippen molar-refractivity contribution in [2.24, 2.45) is 0 Å². The molecule has 3 heterocycles. The Hall–Kier alpha value is -2.78. The van der Waals surface area contributed by atoms with Gasteiger partial charge in [-0.1, -0.05) is 0 Å². The van der Waals surface area contributed by atoms with Gasteiger partial charge in [0, 0.05) is 17.1 Å². The molecule has 1 amide bonds. The number of amides is 1. The van der Waals surface area contributed by atoms with Gasteiger partial charge in [0.25, 0.3) is 5.91 Å². The van der Waals surface area contributed by atoms with Crippen molar-refractivity contribution < 1.29 is 9.18 Å². The van der Waals surface area contributed by atoms with Gasteiger partial charge in [-0.05, 0) is 48.2 Å². The molecule has 0 atom stereocenters. The molecule has 25 heavy (non-hydrogen) atoms. The second-order valence-electron chi connectivity index (χ2n) is 5.09. The van der Waals surface area contributed by atoms with E-state index in [-0.39, 0.29) is 16.9 Å². The summed E-state index contributed by atoms with van der Waals surface area (Å²) in [7, 11) is 0. The number of aromatic nitrogens is 3. The Morgan fingerprint density at radius 1 is 1.28 bits per heavy atom. The zero-order chi connectivity index (χ0) is 17.4. The van der Waals surface area contributed by atoms with Crippen LogP contribution in [0.2, 0.25) is 0 Å². The minimum Gasteiger partial charge on any atom is -0.278 e. The number of carbonyl (C=O) groups is 1. The van der Waals surface area contributed by atoms with Gasteiger partial charge in [0.1, 0.15) is 5.82 Å². The fraction of sp³-hybridized carbons (Fsp3) is 0. The predicted octanol–water partition coefficient (Wildman–Crippen LogP) is 3.73. The molecule has 0 aliphatic carbocycles. The van der Waals surface area contributed by atoms with Gasteiger partial charge >= 0.3 is 0 Å². The fourth-order valence-corrected chi connectivity index (χ4v) is 3.84. The third kappa shape index (κ3) is 2.99. The summed E-state index contributed by atoms with van der Waals surface area (Å²) in [5, 5.41) is 17.4. The van der Waals surface area contributed by atoms with Crippen LogP contribution in [0.15, 0.2) is 46.8 Å². The molecule has 2 aromatic heterocycles. The van der Waals surface area contributed by atoms with Crippen molar-refractivity contribution >= 4 is 45.4 Å². The molecule has 1 aliphatic rings. The van der Waals surface area contributed by atoms with Gasteiger partial charge in [0.05, 0.1) is 16.3 Å². The maximum atomic E-state index is 13.0. The third-order valence-electron chi connectivity index (χ3n) is 3.46. The second-order valence-corrected chi connectivity index (χ2v) is 6.99. The minimum absolute atomic E-state index is 0.115. The Balaban J connectivity index is 1.60. The molecular formula is C16H10FN5OS2. The van der Waals surface area contributed by atoms with Gasteiger partial charge < -0.3 is 0 Å². The molecule has 4 rings (SSSR count). The van der Waals surface area contributed by atoms with Crippen LogP contribution < -0.4 is 4.90 Å². The van der Waals surface area contributed by atoms with Crippen LogP contribution in [0.3, 0.4) is 0 Å². The topological polar surface area (TPSA) is 85.7 Å². The lowest BCUT2D eigenvalue weighted by Gasteiger charge is -2.08. The SMILES string of the molecule is N=C1S/C(=C\c2cc(-c3ccc(F)cc3)n[nH]2)C(=O)N1c1nccs1. The normalized spacial score (nSPS) is 16.2. The maximum absolute atomic E-state index is 13.0. The lowest BCUT2D eigenvalue weighted by Crippen LogP contribution is -2.27. The van der Waals surface area contributed by atoms with Crippen LogP contribution in [0.5, 0.6) is 0 Å². The van der Waals surface area contributed by atoms with Gasteiger partial charge in [0.15, 0.2) is 10.3 Å². The quantitative estimate of drug-likeness (QED) is 0.687. The van der Waals surface area contributed by atoms with Crippen molar-refractivity contribution in [2.45, 2.75) is 0 Å². The van der Waals surface area contributed by atoms with E-state index in [1.54, 1.807) is 35.9 Å². The smallest absolute Gasteiger partial charge is 0.273 e. The van der Waals surface area contributed by atoms with Gasteiger partial charge in [-0.25, -0.2) is 14.3 Å². The number of thiazole rings is 1. The summed E-state index contributed by atoms with van der Waals surface area (Å²) >= 11 is 2.37. The molecule has 0 bridgehead atoms.